The van der Waals surface area contributed by atoms with Crippen LogP contribution in [0.15, 0.2) is 77.0 Å². The zero-order chi connectivity index (χ0) is 24.5. The van der Waals surface area contributed by atoms with Gasteiger partial charge in [-0.2, -0.15) is 10.2 Å². The molecule has 2 aromatic heterocycles. The van der Waals surface area contributed by atoms with E-state index in [1.165, 1.54) is 16.8 Å². The summed E-state index contributed by atoms with van der Waals surface area (Å²) >= 11 is 0. The zero-order valence-electron chi connectivity index (χ0n) is 18.0. The number of hydrogen-bond donors (Lipinski definition) is 2. The zero-order valence-corrected chi connectivity index (χ0v) is 18.0. The molecular weight excluding hydrogens is 457 g/mol. The van der Waals surface area contributed by atoms with E-state index in [1.54, 1.807) is 36.4 Å². The van der Waals surface area contributed by atoms with Gasteiger partial charge in [0.2, 0.25) is 0 Å². The topological polar surface area (TPSA) is 120 Å². The van der Waals surface area contributed by atoms with Crippen molar-refractivity contribution >= 4 is 33.9 Å². The van der Waals surface area contributed by atoms with Crippen LogP contribution < -0.4 is 11.5 Å². The summed E-state index contributed by atoms with van der Waals surface area (Å²) in [5.41, 5.74) is 13.0. The second-order valence-electron chi connectivity index (χ2n) is 7.58. The molecule has 0 aliphatic rings. The maximum Gasteiger partial charge on any atom is 0.184 e. The number of hydrogen-bond acceptors (Lipinski definition) is 7. The summed E-state index contributed by atoms with van der Waals surface area (Å²) in [6, 6.07) is 16.7. The summed E-state index contributed by atoms with van der Waals surface area (Å²) in [5.74, 6) is -2.44. The number of fused-ring (bicyclic) bond motifs is 1. The van der Waals surface area contributed by atoms with E-state index in [2.05, 4.69) is 25.3 Å². The molecule has 2 heterocycles. The molecule has 0 fully saturated rings. The Hall–Kier alpha value is -4.80. The number of anilines is 2. The van der Waals surface area contributed by atoms with Crippen LogP contribution in [-0.4, -0.2) is 19.7 Å². The normalized spacial score (nSPS) is 11.5. The Morgan fingerprint density at radius 1 is 0.800 bits per heavy atom. The molecule has 0 aliphatic heterocycles. The molecule has 0 saturated heterocycles. The lowest BCUT2D eigenvalue weighted by molar-refractivity contribution is 0.572. The van der Waals surface area contributed by atoms with Gasteiger partial charge in [-0.3, -0.25) is 4.68 Å². The van der Waals surface area contributed by atoms with Gasteiger partial charge in [0.25, 0.3) is 0 Å². The Bertz CT molecular complexity index is 1560. The molecule has 0 aliphatic carbocycles. The van der Waals surface area contributed by atoms with E-state index in [-0.39, 0.29) is 51.9 Å². The number of benzene rings is 3. The number of halogens is 3. The van der Waals surface area contributed by atoms with Crippen molar-refractivity contribution in [2.75, 3.05) is 11.5 Å². The van der Waals surface area contributed by atoms with Crippen LogP contribution in [0.4, 0.5) is 36.2 Å². The van der Waals surface area contributed by atoms with Crippen LogP contribution in [0.5, 0.6) is 0 Å². The van der Waals surface area contributed by atoms with Gasteiger partial charge in [-0.25, -0.2) is 23.1 Å². The third kappa shape index (κ3) is 4.26. The maximum absolute atomic E-state index is 14.8. The van der Waals surface area contributed by atoms with E-state index >= 15 is 0 Å². The summed E-state index contributed by atoms with van der Waals surface area (Å²) in [6.45, 7) is -0.111. The van der Waals surface area contributed by atoms with Gasteiger partial charge in [0, 0.05) is 17.0 Å². The van der Waals surface area contributed by atoms with E-state index < -0.39 is 17.5 Å². The predicted octanol–water partition coefficient (Wildman–Crippen LogP) is 5.54. The van der Waals surface area contributed by atoms with Crippen LogP contribution >= 0.6 is 0 Å². The Kier molecular flexibility index (Phi) is 5.57. The minimum absolute atomic E-state index is 0.0275. The van der Waals surface area contributed by atoms with Gasteiger partial charge in [-0.1, -0.05) is 36.4 Å². The summed E-state index contributed by atoms with van der Waals surface area (Å²) in [7, 11) is 0. The van der Waals surface area contributed by atoms with E-state index in [4.69, 9.17) is 11.5 Å². The smallest absolute Gasteiger partial charge is 0.184 e. The second kappa shape index (κ2) is 8.86. The summed E-state index contributed by atoms with van der Waals surface area (Å²) in [5, 5.41) is 12.5. The van der Waals surface area contributed by atoms with E-state index in [0.29, 0.717) is 5.69 Å². The first kappa shape index (κ1) is 22.0. The number of nitrogens with two attached hydrogens (primary N) is 2. The van der Waals surface area contributed by atoms with E-state index in [0.717, 1.165) is 12.1 Å². The molecule has 5 aromatic rings. The fraction of sp³-hybridized carbons (Fsp3) is 0.0417. The highest BCUT2D eigenvalue weighted by Crippen LogP contribution is 2.34. The molecule has 0 radical (unpaired) electrons. The van der Waals surface area contributed by atoms with Crippen LogP contribution in [0, 0.1) is 17.5 Å². The Morgan fingerprint density at radius 3 is 2.20 bits per heavy atom. The lowest BCUT2D eigenvalue weighted by Gasteiger charge is -2.06. The highest BCUT2D eigenvalue weighted by Gasteiger charge is 2.22. The highest BCUT2D eigenvalue weighted by molar-refractivity contribution is 5.93. The molecular formula is C24H17F3N8. The number of nitrogens with zero attached hydrogens (tertiary/aromatic N) is 6. The minimum atomic E-state index is -0.871. The average molecular weight is 474 g/mol. The van der Waals surface area contributed by atoms with E-state index in [9.17, 15) is 13.2 Å². The lowest BCUT2D eigenvalue weighted by atomic mass is 10.1. The van der Waals surface area contributed by atoms with Crippen LogP contribution in [0.25, 0.3) is 22.4 Å². The van der Waals surface area contributed by atoms with Crippen LogP contribution in [0.3, 0.4) is 0 Å². The van der Waals surface area contributed by atoms with Crippen molar-refractivity contribution in [2.45, 2.75) is 6.54 Å². The lowest BCUT2D eigenvalue weighted by Crippen LogP contribution is -2.05. The predicted molar refractivity (Wildman–Crippen MR) is 126 cm³/mol. The minimum Gasteiger partial charge on any atom is -0.382 e. The third-order valence-corrected chi connectivity index (χ3v) is 5.21. The fourth-order valence-corrected chi connectivity index (χ4v) is 3.60. The quantitative estimate of drug-likeness (QED) is 0.324. The molecule has 5 rings (SSSR count). The van der Waals surface area contributed by atoms with Gasteiger partial charge < -0.3 is 11.5 Å². The number of nitrogen functional groups attached to an aromatic ring is 2. The van der Waals surface area contributed by atoms with Crippen molar-refractivity contribution in [1.82, 2.24) is 19.7 Å². The van der Waals surface area contributed by atoms with E-state index in [1.807, 2.05) is 6.07 Å². The summed E-state index contributed by atoms with van der Waals surface area (Å²) in [6.07, 6.45) is 0. The fourth-order valence-electron chi connectivity index (χ4n) is 3.60. The number of rotatable bonds is 5. The highest BCUT2D eigenvalue weighted by atomic mass is 19.1. The second-order valence-corrected chi connectivity index (χ2v) is 7.58. The number of azo groups is 1. The van der Waals surface area contributed by atoms with Crippen molar-refractivity contribution in [2.24, 2.45) is 10.2 Å². The van der Waals surface area contributed by atoms with Crippen molar-refractivity contribution in [3.05, 3.63) is 89.7 Å². The Balaban J connectivity index is 1.62. The standard InChI is InChI=1S/C24H17F3N8/c25-14-10-16-19(34-35(21(16)18(27)11-14)12-13-6-4-5-9-17(13)26)24-30-22(28)20(23(29)31-24)33-32-15-7-2-1-3-8-15/h1-11H,12H2,(H4,28,29,30,31). The van der Waals surface area contributed by atoms with Crippen LogP contribution in [0.1, 0.15) is 5.56 Å². The van der Waals surface area contributed by atoms with Gasteiger partial charge in [-0.15, -0.1) is 5.11 Å². The van der Waals surface area contributed by atoms with Gasteiger partial charge in [0.15, 0.2) is 29.0 Å². The molecule has 4 N–H and O–H groups in total. The maximum atomic E-state index is 14.8. The molecule has 0 amide bonds. The van der Waals surface area contributed by atoms with Crippen LogP contribution in [-0.2, 0) is 6.54 Å². The molecule has 11 heteroatoms. The van der Waals surface area contributed by atoms with Crippen molar-refractivity contribution in [3.8, 4) is 11.5 Å². The molecule has 0 saturated carbocycles. The van der Waals surface area contributed by atoms with Crippen molar-refractivity contribution < 1.29 is 13.2 Å². The van der Waals surface area contributed by atoms with Crippen molar-refractivity contribution in [1.29, 1.82) is 0 Å². The molecule has 0 unspecified atom stereocenters. The Labute approximate surface area is 196 Å². The number of aromatic nitrogens is 4. The molecule has 3 aromatic carbocycles. The summed E-state index contributed by atoms with van der Waals surface area (Å²) < 4.78 is 44.4. The first-order chi connectivity index (χ1) is 16.9. The molecule has 0 atom stereocenters. The van der Waals surface area contributed by atoms with Crippen molar-refractivity contribution in [3.63, 3.8) is 0 Å². The largest absolute Gasteiger partial charge is 0.382 e. The SMILES string of the molecule is Nc1nc(-c2nn(Cc3ccccc3F)c3c(F)cc(F)cc23)nc(N)c1N=Nc1ccccc1. The molecule has 0 spiro atoms. The molecule has 174 valence electrons. The average Bonchev–Trinajstić information content (AvgIpc) is 3.19. The molecule has 8 nitrogen and oxygen atoms in total. The van der Waals surface area contributed by atoms with Gasteiger partial charge in [0.05, 0.1) is 12.2 Å². The first-order valence-corrected chi connectivity index (χ1v) is 10.4. The molecule has 35 heavy (non-hydrogen) atoms. The monoisotopic (exact) mass is 474 g/mol. The molecule has 0 bridgehead atoms. The first-order valence-electron chi connectivity index (χ1n) is 10.4. The van der Waals surface area contributed by atoms with Gasteiger partial charge in [0.1, 0.15) is 22.8 Å². The van der Waals surface area contributed by atoms with Gasteiger partial charge >= 0.3 is 0 Å². The van der Waals surface area contributed by atoms with Gasteiger partial charge in [-0.05, 0) is 24.3 Å². The van der Waals surface area contributed by atoms with Crippen LogP contribution in [0.2, 0.25) is 0 Å². The summed E-state index contributed by atoms with van der Waals surface area (Å²) in [4.78, 5) is 8.40. The third-order valence-electron chi connectivity index (χ3n) is 5.21. The Morgan fingerprint density at radius 2 is 1.49 bits per heavy atom.